The largest absolute Gasteiger partial charge is 0.496 e. The van der Waals surface area contributed by atoms with Gasteiger partial charge >= 0.3 is 0 Å². The van der Waals surface area contributed by atoms with Crippen LogP contribution in [0, 0.1) is 5.82 Å². The van der Waals surface area contributed by atoms with E-state index in [-0.39, 0.29) is 5.82 Å². The molecule has 1 saturated carbocycles. The SMILES string of the molecule is COc1ccc(-c2cccc(Br)c2F)cc1CNC1CC1. The van der Waals surface area contributed by atoms with E-state index < -0.39 is 0 Å². The third-order valence-corrected chi connectivity index (χ3v) is 4.31. The topological polar surface area (TPSA) is 21.3 Å². The van der Waals surface area contributed by atoms with Crippen molar-refractivity contribution >= 4 is 15.9 Å². The molecule has 0 saturated heterocycles. The van der Waals surface area contributed by atoms with Crippen LogP contribution in [-0.2, 0) is 6.54 Å². The smallest absolute Gasteiger partial charge is 0.145 e. The van der Waals surface area contributed by atoms with Gasteiger partial charge in [0.2, 0.25) is 0 Å². The van der Waals surface area contributed by atoms with Gasteiger partial charge < -0.3 is 10.1 Å². The fraction of sp³-hybridized carbons (Fsp3) is 0.294. The van der Waals surface area contributed by atoms with Crippen LogP contribution in [0.4, 0.5) is 4.39 Å². The highest BCUT2D eigenvalue weighted by atomic mass is 79.9. The molecule has 0 radical (unpaired) electrons. The Balaban J connectivity index is 1.94. The van der Waals surface area contributed by atoms with Crippen molar-refractivity contribution in [3.63, 3.8) is 0 Å². The van der Waals surface area contributed by atoms with Gasteiger partial charge in [0.05, 0.1) is 11.6 Å². The van der Waals surface area contributed by atoms with Crippen molar-refractivity contribution in [2.24, 2.45) is 0 Å². The van der Waals surface area contributed by atoms with Crippen LogP contribution < -0.4 is 10.1 Å². The summed E-state index contributed by atoms with van der Waals surface area (Å²) < 4.78 is 20.1. The van der Waals surface area contributed by atoms with E-state index >= 15 is 0 Å². The second-order valence-electron chi connectivity index (χ2n) is 5.28. The van der Waals surface area contributed by atoms with Gasteiger partial charge in [-0.05, 0) is 52.5 Å². The number of hydrogen-bond acceptors (Lipinski definition) is 2. The standard InChI is InChI=1S/C17H17BrFNO/c1-21-16-8-5-11(9-12(16)10-20-13-6-7-13)14-3-2-4-15(18)17(14)19/h2-5,8-9,13,20H,6-7,10H2,1H3. The zero-order valence-electron chi connectivity index (χ0n) is 11.8. The molecule has 0 heterocycles. The number of methoxy groups -OCH3 is 1. The summed E-state index contributed by atoms with van der Waals surface area (Å²) in [6.07, 6.45) is 2.48. The van der Waals surface area contributed by atoms with Crippen LogP contribution in [0.15, 0.2) is 40.9 Å². The fourth-order valence-electron chi connectivity index (χ4n) is 2.35. The highest BCUT2D eigenvalue weighted by Gasteiger charge is 2.21. The van der Waals surface area contributed by atoms with Gasteiger partial charge in [0, 0.05) is 23.7 Å². The fourth-order valence-corrected chi connectivity index (χ4v) is 2.72. The van der Waals surface area contributed by atoms with E-state index in [1.807, 2.05) is 24.3 Å². The summed E-state index contributed by atoms with van der Waals surface area (Å²) in [5.41, 5.74) is 2.52. The summed E-state index contributed by atoms with van der Waals surface area (Å²) >= 11 is 3.24. The van der Waals surface area contributed by atoms with Crippen molar-refractivity contribution in [1.82, 2.24) is 5.32 Å². The van der Waals surface area contributed by atoms with Crippen molar-refractivity contribution in [2.75, 3.05) is 7.11 Å². The van der Waals surface area contributed by atoms with E-state index in [1.54, 1.807) is 19.2 Å². The summed E-state index contributed by atoms with van der Waals surface area (Å²) in [6.45, 7) is 0.747. The number of hydrogen-bond donors (Lipinski definition) is 1. The number of rotatable bonds is 5. The molecular formula is C17H17BrFNO. The Hall–Kier alpha value is -1.39. The molecule has 0 aromatic heterocycles. The molecular weight excluding hydrogens is 333 g/mol. The first kappa shape index (κ1) is 14.5. The van der Waals surface area contributed by atoms with Gasteiger partial charge in [-0.25, -0.2) is 4.39 Å². The minimum atomic E-state index is -0.233. The number of ether oxygens (including phenoxy) is 1. The van der Waals surface area contributed by atoms with E-state index in [0.29, 0.717) is 16.1 Å². The third-order valence-electron chi connectivity index (χ3n) is 3.70. The lowest BCUT2D eigenvalue weighted by molar-refractivity contribution is 0.407. The molecule has 3 rings (SSSR count). The first-order valence-corrected chi connectivity index (χ1v) is 7.83. The van der Waals surface area contributed by atoms with Crippen LogP contribution in [0.25, 0.3) is 11.1 Å². The molecule has 0 spiro atoms. The maximum atomic E-state index is 14.2. The second-order valence-corrected chi connectivity index (χ2v) is 6.14. The summed E-state index contributed by atoms with van der Waals surface area (Å²) in [4.78, 5) is 0. The summed E-state index contributed by atoms with van der Waals surface area (Å²) in [6, 6.07) is 11.8. The summed E-state index contributed by atoms with van der Waals surface area (Å²) in [5.74, 6) is 0.603. The van der Waals surface area contributed by atoms with E-state index in [0.717, 1.165) is 23.4 Å². The van der Waals surface area contributed by atoms with Crippen molar-refractivity contribution in [1.29, 1.82) is 0 Å². The van der Waals surface area contributed by atoms with Crippen LogP contribution in [0.3, 0.4) is 0 Å². The Kier molecular flexibility index (Phi) is 4.27. The molecule has 0 bridgehead atoms. The predicted octanol–water partition coefficient (Wildman–Crippen LogP) is 4.52. The monoisotopic (exact) mass is 349 g/mol. The van der Waals surface area contributed by atoms with Gasteiger partial charge in [0.25, 0.3) is 0 Å². The number of benzene rings is 2. The van der Waals surface area contributed by atoms with E-state index in [9.17, 15) is 4.39 Å². The Morgan fingerprint density at radius 1 is 1.29 bits per heavy atom. The summed E-state index contributed by atoms with van der Waals surface area (Å²) in [5, 5.41) is 3.47. The molecule has 1 aliphatic rings. The highest BCUT2D eigenvalue weighted by Crippen LogP contribution is 2.31. The molecule has 1 fully saturated rings. The summed E-state index contributed by atoms with van der Waals surface area (Å²) in [7, 11) is 1.66. The lowest BCUT2D eigenvalue weighted by Crippen LogP contribution is -2.15. The molecule has 0 aliphatic heterocycles. The molecule has 0 amide bonds. The van der Waals surface area contributed by atoms with E-state index in [2.05, 4.69) is 21.2 Å². The van der Waals surface area contributed by atoms with Crippen LogP contribution >= 0.6 is 15.9 Å². The Morgan fingerprint density at radius 3 is 2.81 bits per heavy atom. The average molecular weight is 350 g/mol. The minimum absolute atomic E-state index is 0.233. The Bertz CT molecular complexity index is 655. The number of nitrogens with one attached hydrogen (secondary N) is 1. The van der Waals surface area contributed by atoms with Gasteiger partial charge in [-0.3, -0.25) is 0 Å². The minimum Gasteiger partial charge on any atom is -0.496 e. The Labute approximate surface area is 132 Å². The maximum absolute atomic E-state index is 14.2. The molecule has 0 atom stereocenters. The average Bonchev–Trinajstić information content (AvgIpc) is 3.32. The molecule has 0 unspecified atom stereocenters. The van der Waals surface area contributed by atoms with Crippen LogP contribution in [-0.4, -0.2) is 13.2 Å². The van der Waals surface area contributed by atoms with Crippen molar-refractivity contribution in [3.8, 4) is 16.9 Å². The highest BCUT2D eigenvalue weighted by molar-refractivity contribution is 9.10. The van der Waals surface area contributed by atoms with Crippen molar-refractivity contribution in [3.05, 3.63) is 52.3 Å². The molecule has 21 heavy (non-hydrogen) atoms. The van der Waals surface area contributed by atoms with Gasteiger partial charge in [-0.2, -0.15) is 0 Å². The zero-order valence-corrected chi connectivity index (χ0v) is 13.4. The molecule has 2 nitrogen and oxygen atoms in total. The quantitative estimate of drug-likeness (QED) is 0.856. The second kappa shape index (κ2) is 6.16. The first-order valence-electron chi connectivity index (χ1n) is 7.03. The third kappa shape index (κ3) is 3.27. The molecule has 2 aromatic carbocycles. The van der Waals surface area contributed by atoms with Crippen LogP contribution in [0.1, 0.15) is 18.4 Å². The molecule has 1 N–H and O–H groups in total. The lowest BCUT2D eigenvalue weighted by Gasteiger charge is -2.12. The Morgan fingerprint density at radius 2 is 2.10 bits per heavy atom. The molecule has 110 valence electrons. The molecule has 2 aromatic rings. The van der Waals surface area contributed by atoms with Gasteiger partial charge in [-0.15, -0.1) is 0 Å². The maximum Gasteiger partial charge on any atom is 0.145 e. The number of halogens is 2. The predicted molar refractivity (Wildman–Crippen MR) is 85.9 cm³/mol. The van der Waals surface area contributed by atoms with Gasteiger partial charge in [0.1, 0.15) is 11.6 Å². The van der Waals surface area contributed by atoms with Crippen LogP contribution in [0.2, 0.25) is 0 Å². The van der Waals surface area contributed by atoms with Crippen molar-refractivity contribution in [2.45, 2.75) is 25.4 Å². The molecule has 1 aliphatic carbocycles. The van der Waals surface area contributed by atoms with E-state index in [1.165, 1.54) is 12.8 Å². The van der Waals surface area contributed by atoms with Crippen molar-refractivity contribution < 1.29 is 9.13 Å². The normalized spacial score (nSPS) is 14.2. The van der Waals surface area contributed by atoms with Crippen LogP contribution in [0.5, 0.6) is 5.75 Å². The van der Waals surface area contributed by atoms with E-state index in [4.69, 9.17) is 4.74 Å². The molecule has 4 heteroatoms. The van der Waals surface area contributed by atoms with Gasteiger partial charge in [-0.1, -0.05) is 18.2 Å². The lowest BCUT2D eigenvalue weighted by atomic mass is 10.0. The van der Waals surface area contributed by atoms with Gasteiger partial charge in [0.15, 0.2) is 0 Å². The zero-order chi connectivity index (χ0) is 14.8. The first-order chi connectivity index (χ1) is 10.2.